The van der Waals surface area contributed by atoms with Gasteiger partial charge in [0.05, 0.1) is 12.2 Å². The molecule has 1 amide bonds. The van der Waals surface area contributed by atoms with E-state index in [0.29, 0.717) is 11.1 Å². The van der Waals surface area contributed by atoms with Crippen molar-refractivity contribution in [2.75, 3.05) is 13.7 Å². The minimum Gasteiger partial charge on any atom is -0.383 e. The monoisotopic (exact) mass is 289 g/mol. The molecular weight excluding hydrogens is 277 g/mol. The first-order valence-electron chi connectivity index (χ1n) is 4.80. The van der Waals surface area contributed by atoms with Crippen LogP contribution in [0.2, 0.25) is 0 Å². The van der Waals surface area contributed by atoms with Crippen LogP contribution in [0.25, 0.3) is 0 Å². The van der Waals surface area contributed by atoms with Gasteiger partial charge in [0.2, 0.25) is 0 Å². The van der Waals surface area contributed by atoms with E-state index in [1.165, 1.54) is 12.1 Å². The van der Waals surface area contributed by atoms with Gasteiger partial charge in [-0.15, -0.1) is 0 Å². The second kappa shape index (κ2) is 5.96. The van der Waals surface area contributed by atoms with Crippen molar-refractivity contribution in [1.82, 2.24) is 5.32 Å². The predicted octanol–water partition coefficient (Wildman–Crippen LogP) is 2.35. The Hall–Kier alpha value is -0.940. The molecule has 0 aromatic heterocycles. The lowest BCUT2D eigenvalue weighted by molar-refractivity contribution is 0.0900. The molecule has 0 heterocycles. The fourth-order valence-electron chi connectivity index (χ4n) is 1.30. The molecule has 5 heteroatoms. The molecule has 0 fully saturated rings. The van der Waals surface area contributed by atoms with Crippen LogP contribution in [0.1, 0.15) is 17.3 Å². The average Bonchev–Trinajstić information content (AvgIpc) is 2.17. The number of halogens is 2. The van der Waals surface area contributed by atoms with Crippen LogP contribution in [0.15, 0.2) is 22.7 Å². The molecule has 0 aliphatic carbocycles. The lowest BCUT2D eigenvalue weighted by atomic mass is 10.2. The number of nitrogens with one attached hydrogen (secondary N) is 1. The van der Waals surface area contributed by atoms with Gasteiger partial charge in [-0.25, -0.2) is 4.39 Å². The normalized spacial score (nSPS) is 12.2. The van der Waals surface area contributed by atoms with Gasteiger partial charge >= 0.3 is 0 Å². The smallest absolute Gasteiger partial charge is 0.255 e. The number of hydrogen-bond acceptors (Lipinski definition) is 2. The van der Waals surface area contributed by atoms with Crippen molar-refractivity contribution >= 4 is 21.8 Å². The van der Waals surface area contributed by atoms with Crippen LogP contribution in [0.4, 0.5) is 4.39 Å². The van der Waals surface area contributed by atoms with E-state index in [2.05, 4.69) is 21.2 Å². The molecule has 88 valence electrons. The maximum atomic E-state index is 13.4. The summed E-state index contributed by atoms with van der Waals surface area (Å²) >= 11 is 3.14. The van der Waals surface area contributed by atoms with Crippen LogP contribution in [0.5, 0.6) is 0 Å². The number of benzene rings is 1. The standard InChI is InChI=1S/C11H13BrFNO2/c1-7(6-16-2)14-11(15)10-8(12)4-3-5-9(10)13/h3-5,7H,6H2,1-2H3,(H,14,15). The molecule has 1 atom stereocenters. The van der Waals surface area contributed by atoms with Crippen molar-refractivity contribution in [3.05, 3.63) is 34.1 Å². The first-order chi connectivity index (χ1) is 7.56. The highest BCUT2D eigenvalue weighted by Crippen LogP contribution is 2.19. The number of ether oxygens (including phenoxy) is 1. The van der Waals surface area contributed by atoms with Crippen molar-refractivity contribution in [2.45, 2.75) is 13.0 Å². The minimum atomic E-state index is -0.545. The second-order valence-corrected chi connectivity index (χ2v) is 4.28. The summed E-state index contributed by atoms with van der Waals surface area (Å²) in [5, 5.41) is 2.64. The lowest BCUT2D eigenvalue weighted by Crippen LogP contribution is -2.36. The molecule has 0 radical (unpaired) electrons. The van der Waals surface area contributed by atoms with Gasteiger partial charge in [0.1, 0.15) is 5.82 Å². The molecule has 0 aliphatic rings. The van der Waals surface area contributed by atoms with Gasteiger partial charge in [-0.3, -0.25) is 4.79 Å². The zero-order valence-electron chi connectivity index (χ0n) is 9.09. The van der Waals surface area contributed by atoms with Gasteiger partial charge in [-0.2, -0.15) is 0 Å². The SMILES string of the molecule is COCC(C)NC(=O)c1c(F)cccc1Br. The quantitative estimate of drug-likeness (QED) is 0.924. The van der Waals surface area contributed by atoms with Gasteiger partial charge in [-0.1, -0.05) is 6.07 Å². The molecule has 1 N–H and O–H groups in total. The van der Waals surface area contributed by atoms with Gasteiger partial charge < -0.3 is 10.1 Å². The summed E-state index contributed by atoms with van der Waals surface area (Å²) in [5.74, 6) is -0.994. The van der Waals surface area contributed by atoms with Gasteiger partial charge in [0, 0.05) is 17.6 Å². The molecule has 0 aliphatic heterocycles. The third-order valence-electron chi connectivity index (χ3n) is 1.98. The maximum absolute atomic E-state index is 13.4. The average molecular weight is 290 g/mol. The van der Waals surface area contributed by atoms with Gasteiger partial charge in [-0.05, 0) is 35.0 Å². The largest absolute Gasteiger partial charge is 0.383 e. The number of carbonyl (C=O) groups excluding carboxylic acids is 1. The Balaban J connectivity index is 2.80. The Morgan fingerprint density at radius 3 is 2.88 bits per heavy atom. The Kier molecular flexibility index (Phi) is 4.89. The first-order valence-corrected chi connectivity index (χ1v) is 5.59. The summed E-state index contributed by atoms with van der Waals surface area (Å²) in [6.07, 6.45) is 0. The second-order valence-electron chi connectivity index (χ2n) is 3.43. The molecule has 3 nitrogen and oxygen atoms in total. The highest BCUT2D eigenvalue weighted by molar-refractivity contribution is 9.10. The van der Waals surface area contributed by atoms with Crippen molar-refractivity contribution in [3.63, 3.8) is 0 Å². The van der Waals surface area contributed by atoms with E-state index < -0.39 is 11.7 Å². The van der Waals surface area contributed by atoms with Crippen LogP contribution in [-0.4, -0.2) is 25.7 Å². The van der Waals surface area contributed by atoms with Crippen molar-refractivity contribution in [2.24, 2.45) is 0 Å². The number of amides is 1. The van der Waals surface area contributed by atoms with Crippen molar-refractivity contribution in [1.29, 1.82) is 0 Å². The molecule has 0 spiro atoms. The van der Waals surface area contributed by atoms with Crippen LogP contribution >= 0.6 is 15.9 Å². The molecular formula is C11H13BrFNO2. The summed E-state index contributed by atoms with van der Waals surface area (Å²) < 4.78 is 18.7. The zero-order valence-corrected chi connectivity index (χ0v) is 10.7. The van der Waals surface area contributed by atoms with Crippen LogP contribution in [0, 0.1) is 5.82 Å². The summed E-state index contributed by atoms with van der Waals surface area (Å²) in [7, 11) is 1.54. The van der Waals surface area contributed by atoms with Crippen LogP contribution in [-0.2, 0) is 4.74 Å². The summed E-state index contributed by atoms with van der Waals surface area (Å²) in [6, 6.07) is 4.25. The van der Waals surface area contributed by atoms with Crippen molar-refractivity contribution in [3.8, 4) is 0 Å². The van der Waals surface area contributed by atoms with Crippen LogP contribution in [0.3, 0.4) is 0 Å². The third kappa shape index (κ3) is 3.28. The van der Waals surface area contributed by atoms with E-state index in [1.807, 2.05) is 0 Å². The van der Waals surface area contributed by atoms with Crippen LogP contribution < -0.4 is 5.32 Å². The molecule has 0 saturated heterocycles. The predicted molar refractivity (Wildman–Crippen MR) is 62.9 cm³/mol. The molecule has 1 unspecified atom stereocenters. The maximum Gasteiger partial charge on any atom is 0.255 e. The van der Waals surface area contributed by atoms with Crippen molar-refractivity contribution < 1.29 is 13.9 Å². The summed E-state index contributed by atoms with van der Waals surface area (Å²) in [4.78, 5) is 11.7. The highest BCUT2D eigenvalue weighted by atomic mass is 79.9. The fraction of sp³-hybridized carbons (Fsp3) is 0.364. The number of carbonyl (C=O) groups is 1. The summed E-state index contributed by atoms with van der Waals surface area (Å²) in [6.45, 7) is 2.17. The Morgan fingerprint density at radius 1 is 1.62 bits per heavy atom. The lowest BCUT2D eigenvalue weighted by Gasteiger charge is -2.13. The topological polar surface area (TPSA) is 38.3 Å². The highest BCUT2D eigenvalue weighted by Gasteiger charge is 2.16. The Labute approximate surface area is 102 Å². The third-order valence-corrected chi connectivity index (χ3v) is 2.64. The van der Waals surface area contributed by atoms with Gasteiger partial charge in [0.25, 0.3) is 5.91 Å². The Bertz CT molecular complexity index is 364. The number of hydrogen-bond donors (Lipinski definition) is 1. The first kappa shape index (κ1) is 13.1. The van der Waals surface area contributed by atoms with E-state index in [-0.39, 0.29) is 11.6 Å². The van der Waals surface area contributed by atoms with E-state index in [9.17, 15) is 9.18 Å². The van der Waals surface area contributed by atoms with E-state index in [4.69, 9.17) is 4.74 Å². The minimum absolute atomic E-state index is 0.0189. The molecule has 0 bridgehead atoms. The molecule has 1 aromatic carbocycles. The molecule has 1 rings (SSSR count). The molecule has 16 heavy (non-hydrogen) atoms. The van der Waals surface area contributed by atoms with Gasteiger partial charge in [0.15, 0.2) is 0 Å². The van der Waals surface area contributed by atoms with E-state index in [1.54, 1.807) is 20.1 Å². The fourth-order valence-corrected chi connectivity index (χ4v) is 1.82. The van der Waals surface area contributed by atoms with E-state index in [0.717, 1.165) is 0 Å². The van der Waals surface area contributed by atoms with E-state index >= 15 is 0 Å². The molecule has 1 aromatic rings. The zero-order chi connectivity index (χ0) is 12.1. The number of methoxy groups -OCH3 is 1. The summed E-state index contributed by atoms with van der Waals surface area (Å²) in [5.41, 5.74) is 0.0189. The number of rotatable bonds is 4. The molecule has 0 saturated carbocycles. The Morgan fingerprint density at radius 2 is 2.31 bits per heavy atom.